The van der Waals surface area contributed by atoms with E-state index in [1.165, 1.54) is 36.6 Å². The van der Waals surface area contributed by atoms with Crippen molar-refractivity contribution in [2.24, 2.45) is 10.9 Å². The van der Waals surface area contributed by atoms with Crippen molar-refractivity contribution in [3.63, 3.8) is 0 Å². The SMILES string of the molecule is CN(C)C(C)(C)CN=C1NC2CCCCC2CS1. The monoisotopic (exact) mass is 269 g/mol. The van der Waals surface area contributed by atoms with Gasteiger partial charge < -0.3 is 10.2 Å². The van der Waals surface area contributed by atoms with Gasteiger partial charge in [0, 0.05) is 17.3 Å². The highest BCUT2D eigenvalue weighted by molar-refractivity contribution is 8.13. The van der Waals surface area contributed by atoms with Crippen LogP contribution in [-0.2, 0) is 0 Å². The molecule has 1 saturated heterocycles. The number of aliphatic imine (C=N–C) groups is 1. The zero-order valence-corrected chi connectivity index (χ0v) is 13.0. The Morgan fingerprint density at radius 2 is 2.06 bits per heavy atom. The van der Waals surface area contributed by atoms with Crippen molar-refractivity contribution in [3.05, 3.63) is 0 Å². The third kappa shape index (κ3) is 3.41. The number of amidine groups is 1. The van der Waals surface area contributed by atoms with E-state index in [9.17, 15) is 0 Å². The lowest BCUT2D eigenvalue weighted by Crippen LogP contribution is -2.47. The summed E-state index contributed by atoms with van der Waals surface area (Å²) in [5, 5.41) is 4.84. The number of thioether (sulfide) groups is 1. The van der Waals surface area contributed by atoms with Crippen molar-refractivity contribution in [1.29, 1.82) is 0 Å². The molecule has 2 aliphatic rings. The number of nitrogens with one attached hydrogen (secondary N) is 1. The van der Waals surface area contributed by atoms with E-state index in [4.69, 9.17) is 4.99 Å². The van der Waals surface area contributed by atoms with E-state index in [1.807, 2.05) is 11.8 Å². The summed E-state index contributed by atoms with van der Waals surface area (Å²) in [4.78, 5) is 7.04. The molecular formula is C14H27N3S. The van der Waals surface area contributed by atoms with Crippen molar-refractivity contribution < 1.29 is 0 Å². The Labute approximate surface area is 116 Å². The number of likely N-dealkylation sites (N-methyl/N-ethyl adjacent to an activating group) is 1. The van der Waals surface area contributed by atoms with E-state index in [1.54, 1.807) is 0 Å². The van der Waals surface area contributed by atoms with Crippen LogP contribution in [0.3, 0.4) is 0 Å². The molecule has 2 atom stereocenters. The van der Waals surface area contributed by atoms with Gasteiger partial charge in [-0.25, -0.2) is 0 Å². The van der Waals surface area contributed by atoms with Crippen LogP contribution in [0.4, 0.5) is 0 Å². The molecule has 2 fully saturated rings. The van der Waals surface area contributed by atoms with Crippen molar-refractivity contribution >= 4 is 16.9 Å². The van der Waals surface area contributed by atoms with Gasteiger partial charge in [-0.2, -0.15) is 0 Å². The van der Waals surface area contributed by atoms with Crippen molar-refractivity contribution in [1.82, 2.24) is 10.2 Å². The lowest BCUT2D eigenvalue weighted by molar-refractivity contribution is 0.205. The van der Waals surface area contributed by atoms with Crippen LogP contribution < -0.4 is 5.32 Å². The number of hydrogen-bond donors (Lipinski definition) is 1. The Balaban J connectivity index is 1.90. The highest BCUT2D eigenvalue weighted by Gasteiger charge is 2.30. The molecule has 0 aromatic rings. The molecule has 1 heterocycles. The third-order valence-electron chi connectivity index (χ3n) is 4.47. The van der Waals surface area contributed by atoms with Gasteiger partial charge in [-0.15, -0.1) is 0 Å². The van der Waals surface area contributed by atoms with Gasteiger partial charge in [-0.1, -0.05) is 24.6 Å². The van der Waals surface area contributed by atoms with E-state index in [0.29, 0.717) is 6.04 Å². The number of hydrogen-bond acceptors (Lipinski definition) is 3. The summed E-state index contributed by atoms with van der Waals surface area (Å²) in [7, 11) is 4.25. The molecule has 1 aliphatic heterocycles. The van der Waals surface area contributed by atoms with Gasteiger partial charge in [0.1, 0.15) is 0 Å². The summed E-state index contributed by atoms with van der Waals surface area (Å²) in [5.74, 6) is 2.14. The summed E-state index contributed by atoms with van der Waals surface area (Å²) in [6.07, 6.45) is 5.54. The fourth-order valence-electron chi connectivity index (χ4n) is 2.48. The minimum absolute atomic E-state index is 0.138. The fourth-order valence-corrected chi connectivity index (χ4v) is 3.64. The van der Waals surface area contributed by atoms with Gasteiger partial charge in [0.2, 0.25) is 0 Å². The molecule has 2 rings (SSSR count). The molecule has 2 unspecified atom stereocenters. The van der Waals surface area contributed by atoms with Gasteiger partial charge in [-0.3, -0.25) is 4.99 Å². The third-order valence-corrected chi connectivity index (χ3v) is 5.59. The van der Waals surface area contributed by atoms with E-state index >= 15 is 0 Å². The van der Waals surface area contributed by atoms with Crippen LogP contribution in [0.5, 0.6) is 0 Å². The van der Waals surface area contributed by atoms with E-state index in [-0.39, 0.29) is 5.54 Å². The van der Waals surface area contributed by atoms with Gasteiger partial charge in [0.15, 0.2) is 5.17 Å². The Morgan fingerprint density at radius 1 is 1.33 bits per heavy atom. The van der Waals surface area contributed by atoms with E-state index < -0.39 is 0 Å². The summed E-state index contributed by atoms with van der Waals surface area (Å²) in [6, 6.07) is 0.696. The molecule has 18 heavy (non-hydrogen) atoms. The standard InChI is InChI=1S/C14H27N3S/c1-14(2,17(3)4)10-15-13-16-12-8-6-5-7-11(12)9-18-13/h11-12H,5-10H2,1-4H3,(H,15,16). The highest BCUT2D eigenvalue weighted by Crippen LogP contribution is 2.31. The maximum absolute atomic E-state index is 4.79. The van der Waals surface area contributed by atoms with Crippen LogP contribution in [-0.4, -0.2) is 48.0 Å². The summed E-state index contributed by atoms with van der Waals surface area (Å²) in [5.41, 5.74) is 0.138. The smallest absolute Gasteiger partial charge is 0.156 e. The number of nitrogens with zero attached hydrogens (tertiary/aromatic N) is 2. The van der Waals surface area contributed by atoms with Crippen molar-refractivity contribution in [2.75, 3.05) is 26.4 Å². The van der Waals surface area contributed by atoms with E-state index in [0.717, 1.165) is 12.5 Å². The van der Waals surface area contributed by atoms with Crippen LogP contribution in [0.2, 0.25) is 0 Å². The topological polar surface area (TPSA) is 27.6 Å². The molecule has 0 aromatic carbocycles. The molecule has 0 amide bonds. The molecule has 1 aliphatic carbocycles. The van der Waals surface area contributed by atoms with Crippen LogP contribution in [0, 0.1) is 5.92 Å². The normalized spacial score (nSPS) is 31.3. The first-order chi connectivity index (χ1) is 8.49. The highest BCUT2D eigenvalue weighted by atomic mass is 32.2. The summed E-state index contributed by atoms with van der Waals surface area (Å²) in [6.45, 7) is 5.36. The predicted molar refractivity (Wildman–Crippen MR) is 81.4 cm³/mol. The Kier molecular flexibility index (Phi) is 4.59. The number of fused-ring (bicyclic) bond motifs is 1. The minimum atomic E-state index is 0.138. The fraction of sp³-hybridized carbons (Fsp3) is 0.929. The van der Waals surface area contributed by atoms with E-state index in [2.05, 4.69) is 38.2 Å². The largest absolute Gasteiger partial charge is 0.362 e. The molecule has 1 N–H and O–H groups in total. The lowest BCUT2D eigenvalue weighted by Gasteiger charge is -2.37. The molecular weight excluding hydrogens is 242 g/mol. The first kappa shape index (κ1) is 14.2. The van der Waals surface area contributed by atoms with Crippen molar-refractivity contribution in [3.8, 4) is 0 Å². The average molecular weight is 269 g/mol. The zero-order chi connectivity index (χ0) is 13.2. The molecule has 3 nitrogen and oxygen atoms in total. The van der Waals surface area contributed by atoms with Gasteiger partial charge >= 0.3 is 0 Å². The van der Waals surface area contributed by atoms with Crippen LogP contribution >= 0.6 is 11.8 Å². The molecule has 0 radical (unpaired) electrons. The lowest BCUT2D eigenvalue weighted by atomic mass is 9.86. The maximum atomic E-state index is 4.79. The Hall–Kier alpha value is -0.220. The van der Waals surface area contributed by atoms with Gasteiger partial charge in [0.05, 0.1) is 6.54 Å². The summed E-state index contributed by atoms with van der Waals surface area (Å²) >= 11 is 1.92. The molecule has 104 valence electrons. The second-order valence-corrected chi connectivity index (χ2v) is 7.44. The molecule has 1 saturated carbocycles. The van der Waals surface area contributed by atoms with Crippen LogP contribution in [0.1, 0.15) is 39.5 Å². The predicted octanol–water partition coefficient (Wildman–Crippen LogP) is 2.58. The Morgan fingerprint density at radius 3 is 2.78 bits per heavy atom. The minimum Gasteiger partial charge on any atom is -0.362 e. The second-order valence-electron chi connectivity index (χ2n) is 6.43. The summed E-state index contributed by atoms with van der Waals surface area (Å²) < 4.78 is 0. The van der Waals surface area contributed by atoms with Crippen LogP contribution in [0.15, 0.2) is 4.99 Å². The second kappa shape index (κ2) is 5.83. The molecule has 0 bridgehead atoms. The quantitative estimate of drug-likeness (QED) is 0.853. The number of rotatable bonds is 3. The maximum Gasteiger partial charge on any atom is 0.156 e. The van der Waals surface area contributed by atoms with Crippen LogP contribution in [0.25, 0.3) is 0 Å². The first-order valence-electron chi connectivity index (χ1n) is 7.10. The average Bonchev–Trinajstić information content (AvgIpc) is 2.36. The molecule has 0 spiro atoms. The molecule has 0 aromatic heterocycles. The van der Waals surface area contributed by atoms with Gasteiger partial charge in [0.25, 0.3) is 0 Å². The zero-order valence-electron chi connectivity index (χ0n) is 12.2. The Bertz CT molecular complexity index is 312. The first-order valence-corrected chi connectivity index (χ1v) is 8.09. The van der Waals surface area contributed by atoms with Gasteiger partial charge in [-0.05, 0) is 46.7 Å². The molecule has 4 heteroatoms. The van der Waals surface area contributed by atoms with Crippen molar-refractivity contribution in [2.45, 2.75) is 51.1 Å².